The van der Waals surface area contributed by atoms with Crippen LogP contribution in [0.15, 0.2) is 30.7 Å². The normalized spacial score (nSPS) is 10.1. The summed E-state index contributed by atoms with van der Waals surface area (Å²) in [4.78, 5) is 17.4. The first kappa shape index (κ1) is 10.2. The fourth-order valence-electron chi connectivity index (χ4n) is 1.30. The monoisotopic (exact) mass is 217 g/mol. The summed E-state index contributed by atoms with van der Waals surface area (Å²) in [5.41, 5.74) is 6.91. The Morgan fingerprint density at radius 1 is 1.50 bits per heavy atom. The van der Waals surface area contributed by atoms with Gasteiger partial charge in [0.15, 0.2) is 0 Å². The number of carbonyl (C=O) groups is 1. The second kappa shape index (κ2) is 4.01. The molecule has 0 aliphatic heterocycles. The van der Waals surface area contributed by atoms with Crippen LogP contribution in [0.3, 0.4) is 0 Å². The summed E-state index contributed by atoms with van der Waals surface area (Å²) in [5, 5.41) is 6.27. The molecule has 0 aliphatic carbocycles. The number of H-pyrrole nitrogens is 1. The van der Waals surface area contributed by atoms with E-state index in [9.17, 15) is 4.79 Å². The van der Waals surface area contributed by atoms with E-state index in [2.05, 4.69) is 15.2 Å². The van der Waals surface area contributed by atoms with Crippen molar-refractivity contribution in [3.05, 3.63) is 36.4 Å². The number of nitrogens with one attached hydrogen (secondary N) is 1. The van der Waals surface area contributed by atoms with Crippen LogP contribution in [0.4, 0.5) is 11.4 Å². The maximum atomic E-state index is 12.0. The number of hydrogen-bond acceptors (Lipinski definition) is 4. The first-order chi connectivity index (χ1) is 7.70. The Morgan fingerprint density at radius 3 is 2.88 bits per heavy atom. The van der Waals surface area contributed by atoms with Crippen molar-refractivity contribution in [2.24, 2.45) is 0 Å². The summed E-state index contributed by atoms with van der Waals surface area (Å²) in [7, 11) is 1.65. The van der Waals surface area contributed by atoms with Gasteiger partial charge in [0, 0.05) is 13.2 Å². The summed E-state index contributed by atoms with van der Waals surface area (Å²) in [6.07, 6.45) is 4.65. The van der Waals surface area contributed by atoms with E-state index in [1.165, 1.54) is 11.1 Å². The van der Waals surface area contributed by atoms with Crippen molar-refractivity contribution in [2.45, 2.75) is 0 Å². The van der Waals surface area contributed by atoms with E-state index >= 15 is 0 Å². The highest BCUT2D eigenvalue weighted by molar-refractivity contribution is 6.07. The van der Waals surface area contributed by atoms with Crippen molar-refractivity contribution < 1.29 is 4.79 Å². The van der Waals surface area contributed by atoms with E-state index in [-0.39, 0.29) is 11.6 Å². The van der Waals surface area contributed by atoms with Gasteiger partial charge in [0.1, 0.15) is 5.69 Å². The minimum atomic E-state index is -0.247. The number of carbonyl (C=O) groups excluding carboxylic acids is 1. The molecule has 2 aromatic heterocycles. The predicted molar refractivity (Wildman–Crippen MR) is 60.0 cm³/mol. The van der Waals surface area contributed by atoms with Gasteiger partial charge in [-0.3, -0.25) is 14.9 Å². The van der Waals surface area contributed by atoms with Gasteiger partial charge < -0.3 is 10.6 Å². The van der Waals surface area contributed by atoms with Crippen LogP contribution >= 0.6 is 0 Å². The largest absolute Gasteiger partial charge is 0.396 e. The van der Waals surface area contributed by atoms with Gasteiger partial charge >= 0.3 is 0 Å². The Hall–Kier alpha value is -2.37. The number of amides is 1. The highest BCUT2D eigenvalue weighted by Crippen LogP contribution is 2.15. The number of rotatable bonds is 2. The quantitative estimate of drug-likeness (QED) is 0.773. The zero-order valence-corrected chi connectivity index (χ0v) is 8.71. The van der Waals surface area contributed by atoms with Crippen LogP contribution in [0.2, 0.25) is 0 Å². The SMILES string of the molecule is CN(C(=O)c1[nH]ncc1N)c1cccnc1. The number of anilines is 2. The number of hydrogen-bond donors (Lipinski definition) is 2. The summed E-state index contributed by atoms with van der Waals surface area (Å²) >= 11 is 0. The average Bonchev–Trinajstić information content (AvgIpc) is 2.75. The molecule has 2 rings (SSSR count). The highest BCUT2D eigenvalue weighted by atomic mass is 16.2. The molecule has 1 amide bonds. The second-order valence-electron chi connectivity index (χ2n) is 3.28. The Bertz CT molecular complexity index is 493. The first-order valence-corrected chi connectivity index (χ1v) is 4.67. The van der Waals surface area contributed by atoms with E-state index in [1.54, 1.807) is 31.6 Å². The average molecular weight is 217 g/mol. The molecule has 6 heteroatoms. The number of aromatic nitrogens is 3. The van der Waals surface area contributed by atoms with Gasteiger partial charge in [0.2, 0.25) is 0 Å². The molecule has 82 valence electrons. The number of aromatic amines is 1. The third-order valence-corrected chi connectivity index (χ3v) is 2.22. The molecule has 3 N–H and O–H groups in total. The van der Waals surface area contributed by atoms with Crippen molar-refractivity contribution in [2.75, 3.05) is 17.7 Å². The van der Waals surface area contributed by atoms with E-state index in [0.29, 0.717) is 11.4 Å². The molecule has 0 bridgehead atoms. The maximum absolute atomic E-state index is 12.0. The molecule has 0 radical (unpaired) electrons. The Labute approximate surface area is 92.1 Å². The zero-order chi connectivity index (χ0) is 11.5. The summed E-state index contributed by atoms with van der Waals surface area (Å²) < 4.78 is 0. The molecule has 0 unspecified atom stereocenters. The molecule has 0 saturated heterocycles. The maximum Gasteiger partial charge on any atom is 0.278 e. The lowest BCUT2D eigenvalue weighted by Crippen LogP contribution is -2.27. The van der Waals surface area contributed by atoms with Crippen LogP contribution in [0, 0.1) is 0 Å². The third-order valence-electron chi connectivity index (χ3n) is 2.22. The third kappa shape index (κ3) is 1.72. The van der Waals surface area contributed by atoms with Crippen molar-refractivity contribution in [3.8, 4) is 0 Å². The van der Waals surface area contributed by atoms with Crippen molar-refractivity contribution in [3.63, 3.8) is 0 Å². The van der Waals surface area contributed by atoms with E-state index in [1.807, 2.05) is 0 Å². The Kier molecular flexibility index (Phi) is 2.55. The number of nitrogen functional groups attached to an aromatic ring is 1. The fourth-order valence-corrected chi connectivity index (χ4v) is 1.30. The van der Waals surface area contributed by atoms with Gasteiger partial charge in [-0.15, -0.1) is 0 Å². The molecule has 0 fully saturated rings. The molecule has 0 aliphatic rings. The van der Waals surface area contributed by atoms with Gasteiger partial charge in [-0.05, 0) is 12.1 Å². The molecule has 6 nitrogen and oxygen atoms in total. The highest BCUT2D eigenvalue weighted by Gasteiger charge is 2.17. The number of nitrogens with two attached hydrogens (primary N) is 1. The zero-order valence-electron chi connectivity index (χ0n) is 8.71. The first-order valence-electron chi connectivity index (χ1n) is 4.67. The standard InChI is InChI=1S/C10H11N5O/c1-15(7-3-2-4-12-5-7)10(16)9-8(11)6-13-14-9/h2-6H,11H2,1H3,(H,13,14). The minimum Gasteiger partial charge on any atom is -0.396 e. The number of nitrogens with zero attached hydrogens (tertiary/aromatic N) is 3. The van der Waals surface area contributed by atoms with Crippen LogP contribution in [0.1, 0.15) is 10.5 Å². The molecular formula is C10H11N5O. The van der Waals surface area contributed by atoms with E-state index in [4.69, 9.17) is 5.73 Å². The molecule has 16 heavy (non-hydrogen) atoms. The number of pyridine rings is 1. The van der Waals surface area contributed by atoms with E-state index in [0.717, 1.165) is 0 Å². The molecule has 2 heterocycles. The topological polar surface area (TPSA) is 87.9 Å². The Morgan fingerprint density at radius 2 is 2.31 bits per heavy atom. The van der Waals surface area contributed by atoms with Crippen LogP contribution in [0.5, 0.6) is 0 Å². The van der Waals surface area contributed by atoms with Crippen molar-refractivity contribution in [1.29, 1.82) is 0 Å². The molecule has 2 aromatic rings. The van der Waals surface area contributed by atoms with Gasteiger partial charge in [0.25, 0.3) is 5.91 Å². The van der Waals surface area contributed by atoms with Crippen molar-refractivity contribution >= 4 is 17.3 Å². The van der Waals surface area contributed by atoms with E-state index < -0.39 is 0 Å². The minimum absolute atomic E-state index is 0.247. The molecule has 0 spiro atoms. The summed E-state index contributed by atoms with van der Waals surface area (Å²) in [6.45, 7) is 0. The molecule has 0 atom stereocenters. The van der Waals surface area contributed by atoms with Crippen LogP contribution in [0.25, 0.3) is 0 Å². The summed E-state index contributed by atoms with van der Waals surface area (Å²) in [6, 6.07) is 3.55. The lowest BCUT2D eigenvalue weighted by Gasteiger charge is -2.15. The smallest absolute Gasteiger partial charge is 0.278 e. The predicted octanol–water partition coefficient (Wildman–Crippen LogP) is 0.663. The summed E-state index contributed by atoms with van der Waals surface area (Å²) in [5.74, 6) is -0.247. The van der Waals surface area contributed by atoms with Gasteiger partial charge in [0.05, 0.1) is 23.8 Å². The molecular weight excluding hydrogens is 206 g/mol. The molecule has 0 aromatic carbocycles. The lowest BCUT2D eigenvalue weighted by molar-refractivity contribution is 0.0989. The Balaban J connectivity index is 2.27. The van der Waals surface area contributed by atoms with Gasteiger partial charge in [-0.25, -0.2) is 0 Å². The fraction of sp³-hybridized carbons (Fsp3) is 0.100. The van der Waals surface area contributed by atoms with Crippen molar-refractivity contribution in [1.82, 2.24) is 15.2 Å². The van der Waals surface area contributed by atoms with Crippen LogP contribution in [-0.2, 0) is 0 Å². The molecule has 0 saturated carbocycles. The lowest BCUT2D eigenvalue weighted by atomic mass is 10.3. The van der Waals surface area contributed by atoms with Crippen LogP contribution in [-0.4, -0.2) is 28.1 Å². The van der Waals surface area contributed by atoms with Crippen LogP contribution < -0.4 is 10.6 Å². The second-order valence-corrected chi connectivity index (χ2v) is 3.28. The van der Waals surface area contributed by atoms with Gasteiger partial charge in [-0.1, -0.05) is 0 Å². The van der Waals surface area contributed by atoms with Gasteiger partial charge in [-0.2, -0.15) is 5.10 Å².